The fourth-order valence-electron chi connectivity index (χ4n) is 3.00. The van der Waals surface area contributed by atoms with Crippen LogP contribution >= 0.6 is 0 Å². The molecule has 24 heavy (non-hydrogen) atoms. The Kier molecular flexibility index (Phi) is 4.33. The fraction of sp³-hybridized carbons (Fsp3) is 0.353. The molecule has 2 heterocycles. The first-order chi connectivity index (χ1) is 11.5. The molecule has 0 spiro atoms. The van der Waals surface area contributed by atoms with Crippen LogP contribution in [0.3, 0.4) is 0 Å². The maximum absolute atomic E-state index is 13.1. The maximum atomic E-state index is 13.1. The standard InChI is InChI=1S/C17H18FN3O3/c1-10-8-19-14(24-10)9-20-17(23)13-7-15(22)21(2)16(13)11-3-5-12(18)6-4-11/h3-6,8,13,16H,7,9H2,1-2H3,(H,20,23)/t13-,16-/m0/s1. The van der Waals surface area contributed by atoms with Gasteiger partial charge in [-0.1, -0.05) is 12.1 Å². The van der Waals surface area contributed by atoms with E-state index in [4.69, 9.17) is 4.42 Å². The van der Waals surface area contributed by atoms with Gasteiger partial charge in [0.1, 0.15) is 11.6 Å². The molecule has 2 atom stereocenters. The van der Waals surface area contributed by atoms with E-state index in [-0.39, 0.29) is 30.6 Å². The normalized spacial score (nSPS) is 20.5. The minimum Gasteiger partial charge on any atom is -0.444 e. The number of aromatic nitrogens is 1. The van der Waals surface area contributed by atoms with E-state index in [0.717, 1.165) is 5.56 Å². The zero-order valence-electron chi connectivity index (χ0n) is 13.5. The molecule has 7 heteroatoms. The molecule has 1 aromatic carbocycles. The molecule has 1 fully saturated rings. The number of halogens is 1. The Morgan fingerprint density at radius 3 is 2.75 bits per heavy atom. The summed E-state index contributed by atoms with van der Waals surface area (Å²) in [5.41, 5.74) is 0.733. The molecular formula is C17H18FN3O3. The van der Waals surface area contributed by atoms with Crippen LogP contribution in [0, 0.1) is 18.7 Å². The third-order valence-corrected chi connectivity index (χ3v) is 4.22. The highest BCUT2D eigenvalue weighted by molar-refractivity contribution is 5.90. The van der Waals surface area contributed by atoms with Crippen LogP contribution < -0.4 is 5.32 Å². The van der Waals surface area contributed by atoms with Gasteiger partial charge < -0.3 is 14.6 Å². The van der Waals surface area contributed by atoms with Crippen molar-refractivity contribution in [3.63, 3.8) is 0 Å². The first-order valence-electron chi connectivity index (χ1n) is 7.66. The number of benzene rings is 1. The van der Waals surface area contributed by atoms with Crippen molar-refractivity contribution >= 4 is 11.8 Å². The summed E-state index contributed by atoms with van der Waals surface area (Å²) in [4.78, 5) is 30.2. The van der Waals surface area contributed by atoms with Crippen molar-refractivity contribution in [1.29, 1.82) is 0 Å². The third-order valence-electron chi connectivity index (χ3n) is 4.22. The van der Waals surface area contributed by atoms with E-state index in [9.17, 15) is 14.0 Å². The van der Waals surface area contributed by atoms with Crippen molar-refractivity contribution in [1.82, 2.24) is 15.2 Å². The Morgan fingerprint density at radius 1 is 1.42 bits per heavy atom. The first kappa shape index (κ1) is 16.2. The van der Waals surface area contributed by atoms with Crippen LogP contribution in [0.5, 0.6) is 0 Å². The molecule has 0 saturated carbocycles. The zero-order valence-corrected chi connectivity index (χ0v) is 13.5. The molecule has 0 radical (unpaired) electrons. The summed E-state index contributed by atoms with van der Waals surface area (Å²) in [5, 5.41) is 2.76. The van der Waals surface area contributed by atoms with Gasteiger partial charge in [-0.2, -0.15) is 0 Å². The number of aryl methyl sites for hydroxylation is 1. The molecule has 0 bridgehead atoms. The molecule has 2 amide bonds. The van der Waals surface area contributed by atoms with E-state index in [1.807, 2.05) is 0 Å². The van der Waals surface area contributed by atoms with Crippen LogP contribution in [0.15, 0.2) is 34.9 Å². The van der Waals surface area contributed by atoms with E-state index in [1.165, 1.54) is 17.0 Å². The second kappa shape index (κ2) is 6.43. The zero-order chi connectivity index (χ0) is 17.3. The van der Waals surface area contributed by atoms with Crippen LogP contribution in [0.2, 0.25) is 0 Å². The van der Waals surface area contributed by atoms with Crippen LogP contribution in [-0.4, -0.2) is 28.7 Å². The number of oxazole rings is 1. The van der Waals surface area contributed by atoms with Gasteiger partial charge in [-0.3, -0.25) is 9.59 Å². The van der Waals surface area contributed by atoms with Crippen molar-refractivity contribution in [3.05, 3.63) is 53.5 Å². The average Bonchev–Trinajstić information content (AvgIpc) is 3.10. The van der Waals surface area contributed by atoms with Gasteiger partial charge in [0.2, 0.25) is 17.7 Å². The Balaban J connectivity index is 1.75. The van der Waals surface area contributed by atoms with Gasteiger partial charge in [-0.25, -0.2) is 9.37 Å². The Bertz CT molecular complexity index is 757. The fourth-order valence-corrected chi connectivity index (χ4v) is 3.00. The first-order valence-corrected chi connectivity index (χ1v) is 7.66. The average molecular weight is 331 g/mol. The summed E-state index contributed by atoms with van der Waals surface area (Å²) in [6.45, 7) is 1.94. The number of rotatable bonds is 4. The lowest BCUT2D eigenvalue weighted by Crippen LogP contribution is -2.34. The van der Waals surface area contributed by atoms with Crippen molar-refractivity contribution in [2.24, 2.45) is 5.92 Å². The topological polar surface area (TPSA) is 75.4 Å². The van der Waals surface area contributed by atoms with Crippen LogP contribution in [0.1, 0.15) is 29.7 Å². The Morgan fingerprint density at radius 2 is 2.12 bits per heavy atom. The van der Waals surface area contributed by atoms with E-state index in [0.29, 0.717) is 11.7 Å². The van der Waals surface area contributed by atoms with Crippen LogP contribution in [0.25, 0.3) is 0 Å². The van der Waals surface area contributed by atoms with E-state index in [2.05, 4.69) is 10.3 Å². The summed E-state index contributed by atoms with van der Waals surface area (Å²) >= 11 is 0. The molecule has 0 aliphatic carbocycles. The van der Waals surface area contributed by atoms with E-state index in [1.54, 1.807) is 32.3 Å². The summed E-state index contributed by atoms with van der Waals surface area (Å²) in [6.07, 6.45) is 1.70. The van der Waals surface area contributed by atoms with Crippen molar-refractivity contribution in [2.45, 2.75) is 25.9 Å². The number of likely N-dealkylation sites (tertiary alicyclic amines) is 1. The molecule has 1 aromatic heterocycles. The lowest BCUT2D eigenvalue weighted by Gasteiger charge is -2.24. The smallest absolute Gasteiger partial charge is 0.226 e. The van der Waals surface area contributed by atoms with Crippen LogP contribution in [-0.2, 0) is 16.1 Å². The SMILES string of the molecule is Cc1cnc(CNC(=O)[C@H]2CC(=O)N(C)[C@H]2c2ccc(F)cc2)o1. The largest absolute Gasteiger partial charge is 0.444 e. The van der Waals surface area contributed by atoms with Gasteiger partial charge in [-0.15, -0.1) is 0 Å². The minimum atomic E-state index is -0.538. The number of nitrogens with zero attached hydrogens (tertiary/aromatic N) is 2. The predicted molar refractivity (Wildman–Crippen MR) is 83.1 cm³/mol. The van der Waals surface area contributed by atoms with Gasteiger partial charge in [-0.05, 0) is 24.6 Å². The van der Waals surface area contributed by atoms with Crippen molar-refractivity contribution in [2.75, 3.05) is 7.05 Å². The van der Waals surface area contributed by atoms with Gasteiger partial charge in [0.25, 0.3) is 0 Å². The monoisotopic (exact) mass is 331 g/mol. The summed E-state index contributed by atoms with van der Waals surface area (Å²) in [6, 6.07) is 5.46. The molecule has 1 aliphatic heterocycles. The highest BCUT2D eigenvalue weighted by Crippen LogP contribution is 2.37. The molecule has 1 aliphatic rings. The number of carbonyl (C=O) groups is 2. The predicted octanol–water partition coefficient (Wildman–Crippen LogP) is 1.96. The van der Waals surface area contributed by atoms with E-state index >= 15 is 0 Å². The maximum Gasteiger partial charge on any atom is 0.226 e. The van der Waals surface area contributed by atoms with Gasteiger partial charge >= 0.3 is 0 Å². The molecule has 2 aromatic rings. The molecule has 126 valence electrons. The molecule has 1 N–H and O–H groups in total. The van der Waals surface area contributed by atoms with Crippen LogP contribution in [0.4, 0.5) is 4.39 Å². The Hall–Kier alpha value is -2.70. The van der Waals surface area contributed by atoms with Crippen molar-refractivity contribution in [3.8, 4) is 0 Å². The van der Waals surface area contributed by atoms with E-state index < -0.39 is 12.0 Å². The number of hydrogen-bond donors (Lipinski definition) is 1. The highest BCUT2D eigenvalue weighted by Gasteiger charge is 2.42. The lowest BCUT2D eigenvalue weighted by atomic mass is 9.93. The summed E-state index contributed by atoms with van der Waals surface area (Å²) in [5.74, 6) is -0.180. The van der Waals surface area contributed by atoms with Gasteiger partial charge in [0, 0.05) is 13.5 Å². The second-order valence-electron chi connectivity index (χ2n) is 5.89. The number of hydrogen-bond acceptors (Lipinski definition) is 4. The molecule has 1 saturated heterocycles. The molecule has 6 nitrogen and oxygen atoms in total. The third kappa shape index (κ3) is 3.15. The van der Waals surface area contributed by atoms with Gasteiger partial charge in [0.15, 0.2) is 0 Å². The second-order valence-corrected chi connectivity index (χ2v) is 5.89. The van der Waals surface area contributed by atoms with Crippen molar-refractivity contribution < 1.29 is 18.4 Å². The Labute approximate surface area is 138 Å². The molecule has 3 rings (SSSR count). The number of carbonyl (C=O) groups excluding carboxylic acids is 2. The quantitative estimate of drug-likeness (QED) is 0.929. The summed E-state index contributed by atoms with van der Waals surface area (Å²) < 4.78 is 18.5. The highest BCUT2D eigenvalue weighted by atomic mass is 19.1. The molecule has 0 unspecified atom stereocenters. The lowest BCUT2D eigenvalue weighted by molar-refractivity contribution is -0.128. The minimum absolute atomic E-state index is 0.114. The number of amides is 2. The number of nitrogens with one attached hydrogen (secondary N) is 1. The van der Waals surface area contributed by atoms with Gasteiger partial charge in [0.05, 0.1) is 24.7 Å². The molecular weight excluding hydrogens is 313 g/mol. The summed E-state index contributed by atoms with van der Waals surface area (Å²) in [7, 11) is 1.65.